The molecule has 7 nitrogen and oxygen atoms in total. The summed E-state index contributed by atoms with van der Waals surface area (Å²) in [5.41, 5.74) is 2.00. The molecule has 1 aliphatic heterocycles. The van der Waals surface area contributed by atoms with Crippen molar-refractivity contribution < 1.29 is 22.4 Å². The molecule has 2 aromatic carbocycles. The van der Waals surface area contributed by atoms with Gasteiger partial charge >= 0.3 is 0 Å². The van der Waals surface area contributed by atoms with Gasteiger partial charge in [-0.15, -0.1) is 0 Å². The Bertz CT molecular complexity index is 885. The van der Waals surface area contributed by atoms with Gasteiger partial charge in [0.1, 0.15) is 5.75 Å². The van der Waals surface area contributed by atoms with Crippen molar-refractivity contribution in [1.82, 2.24) is 4.90 Å². The Kier molecular flexibility index (Phi) is 10.3. The van der Waals surface area contributed by atoms with Crippen LogP contribution in [0.4, 0.5) is 5.69 Å². The Balaban J connectivity index is 0.000000262. The highest BCUT2D eigenvalue weighted by Crippen LogP contribution is 2.23. The number of aryl methyl sites for hydroxylation is 1. The van der Waals surface area contributed by atoms with Crippen LogP contribution in [0.2, 0.25) is 0 Å². The van der Waals surface area contributed by atoms with Crippen LogP contribution in [-0.2, 0) is 14.9 Å². The van der Waals surface area contributed by atoms with Crippen LogP contribution in [0.15, 0.2) is 53.4 Å². The summed E-state index contributed by atoms with van der Waals surface area (Å²) >= 11 is 0. The van der Waals surface area contributed by atoms with Crippen LogP contribution in [0.5, 0.6) is 5.75 Å². The van der Waals surface area contributed by atoms with E-state index in [-0.39, 0.29) is 11.0 Å². The third-order valence-corrected chi connectivity index (χ3v) is 5.66. The fourth-order valence-electron chi connectivity index (χ4n) is 3.25. The number of rotatable bonds is 8. The Morgan fingerprint density at radius 2 is 1.87 bits per heavy atom. The molecule has 8 heteroatoms. The second-order valence-corrected chi connectivity index (χ2v) is 8.81. The van der Waals surface area contributed by atoms with Crippen molar-refractivity contribution in [3.8, 4) is 5.75 Å². The first kappa shape index (κ1) is 25.1. The standard InChI is InChI=1S/C16H26N2O2.C7H8O3S/c1-3-9-18-10-11-20-14(13-18)12-17-15-7-5-6-8-16(15)19-4-2;1-6-2-4-7(5-3-6)11(8,9)10/h5-8,14,17H,3-4,9-13H2,1-2H3;2-5H,1H3,(H,8,9,10). The zero-order valence-electron chi connectivity index (χ0n) is 18.6. The lowest BCUT2D eigenvalue weighted by atomic mass is 10.2. The van der Waals surface area contributed by atoms with Crippen LogP contribution in [0.3, 0.4) is 0 Å². The number of hydrogen-bond donors (Lipinski definition) is 2. The zero-order chi connectivity index (χ0) is 22.7. The van der Waals surface area contributed by atoms with Gasteiger partial charge in [0, 0.05) is 19.6 Å². The lowest BCUT2D eigenvalue weighted by Gasteiger charge is -2.33. The first-order valence-corrected chi connectivity index (χ1v) is 12.1. The summed E-state index contributed by atoms with van der Waals surface area (Å²) in [6.45, 7) is 11.6. The Labute approximate surface area is 186 Å². The number of nitrogens with one attached hydrogen (secondary N) is 1. The number of ether oxygens (including phenoxy) is 2. The summed E-state index contributed by atoms with van der Waals surface area (Å²) in [6, 6.07) is 14.1. The summed E-state index contributed by atoms with van der Waals surface area (Å²) in [4.78, 5) is 2.41. The zero-order valence-corrected chi connectivity index (χ0v) is 19.4. The van der Waals surface area contributed by atoms with Crippen LogP contribution >= 0.6 is 0 Å². The van der Waals surface area contributed by atoms with Crippen molar-refractivity contribution in [2.75, 3.05) is 44.7 Å². The third-order valence-electron chi connectivity index (χ3n) is 4.79. The maximum Gasteiger partial charge on any atom is 0.294 e. The lowest BCUT2D eigenvalue weighted by molar-refractivity contribution is -0.0209. The Hall–Kier alpha value is -2.13. The van der Waals surface area contributed by atoms with E-state index in [1.807, 2.05) is 32.0 Å². The molecule has 31 heavy (non-hydrogen) atoms. The molecule has 1 heterocycles. The molecule has 0 bridgehead atoms. The molecule has 2 N–H and O–H groups in total. The molecule has 1 fully saturated rings. The SMILES string of the molecule is CCCN1CCOC(CNc2ccccc2OCC)C1.Cc1ccc(S(=O)(=O)O)cc1. The van der Waals surface area contributed by atoms with E-state index in [2.05, 4.69) is 23.2 Å². The van der Waals surface area contributed by atoms with Crippen molar-refractivity contribution in [3.63, 3.8) is 0 Å². The molecule has 0 aliphatic carbocycles. The maximum absolute atomic E-state index is 10.5. The van der Waals surface area contributed by atoms with Crippen LogP contribution in [0.25, 0.3) is 0 Å². The quantitative estimate of drug-likeness (QED) is 0.591. The van der Waals surface area contributed by atoms with Crippen LogP contribution in [0.1, 0.15) is 25.8 Å². The van der Waals surface area contributed by atoms with Crippen molar-refractivity contribution in [1.29, 1.82) is 0 Å². The van der Waals surface area contributed by atoms with Gasteiger partial charge in [0.2, 0.25) is 0 Å². The largest absolute Gasteiger partial charge is 0.492 e. The highest BCUT2D eigenvalue weighted by molar-refractivity contribution is 7.85. The summed E-state index contributed by atoms with van der Waals surface area (Å²) in [5.74, 6) is 0.913. The van der Waals surface area contributed by atoms with E-state index in [0.717, 1.165) is 49.8 Å². The molecule has 1 atom stereocenters. The molecule has 0 spiro atoms. The second kappa shape index (κ2) is 12.7. The van der Waals surface area contributed by atoms with Gasteiger partial charge in [-0.25, -0.2) is 0 Å². The number of nitrogens with zero attached hydrogens (tertiary/aromatic N) is 1. The van der Waals surface area contributed by atoms with Crippen molar-refractivity contribution in [2.45, 2.75) is 38.2 Å². The molecule has 2 aromatic rings. The predicted octanol–water partition coefficient (Wildman–Crippen LogP) is 3.85. The molecule has 1 saturated heterocycles. The molecule has 0 saturated carbocycles. The Morgan fingerprint density at radius 1 is 1.16 bits per heavy atom. The number of morpholine rings is 1. The lowest BCUT2D eigenvalue weighted by Crippen LogP contribution is -2.45. The van der Waals surface area contributed by atoms with Gasteiger partial charge in [-0.2, -0.15) is 8.42 Å². The monoisotopic (exact) mass is 450 g/mol. The normalized spacial score (nSPS) is 16.8. The molecule has 0 amide bonds. The number of para-hydroxylation sites is 2. The fourth-order valence-corrected chi connectivity index (χ4v) is 3.73. The smallest absolute Gasteiger partial charge is 0.294 e. The predicted molar refractivity (Wildman–Crippen MR) is 124 cm³/mol. The van der Waals surface area contributed by atoms with E-state index in [1.54, 1.807) is 12.1 Å². The van der Waals surface area contributed by atoms with E-state index in [1.165, 1.54) is 18.6 Å². The maximum atomic E-state index is 10.5. The minimum Gasteiger partial charge on any atom is -0.492 e. The first-order valence-electron chi connectivity index (χ1n) is 10.7. The molecule has 172 valence electrons. The molecule has 1 unspecified atom stereocenters. The molecular weight excluding hydrogens is 416 g/mol. The van der Waals surface area contributed by atoms with Crippen molar-refractivity contribution in [3.05, 3.63) is 54.1 Å². The van der Waals surface area contributed by atoms with Gasteiger partial charge in [0.15, 0.2) is 0 Å². The molecule has 0 radical (unpaired) electrons. The summed E-state index contributed by atoms with van der Waals surface area (Å²) < 4.78 is 41.0. The van der Waals surface area contributed by atoms with Crippen LogP contribution < -0.4 is 10.1 Å². The first-order chi connectivity index (χ1) is 14.8. The summed E-state index contributed by atoms with van der Waals surface area (Å²) in [6.07, 6.45) is 1.46. The fraction of sp³-hybridized carbons (Fsp3) is 0.478. The van der Waals surface area contributed by atoms with E-state index in [0.29, 0.717) is 6.61 Å². The van der Waals surface area contributed by atoms with Crippen molar-refractivity contribution in [2.24, 2.45) is 0 Å². The molecule has 1 aliphatic rings. The van der Waals surface area contributed by atoms with Gasteiger partial charge in [-0.05, 0) is 51.1 Å². The van der Waals surface area contributed by atoms with Gasteiger partial charge in [-0.1, -0.05) is 36.8 Å². The number of anilines is 1. The van der Waals surface area contributed by atoms with Crippen LogP contribution in [0, 0.1) is 6.92 Å². The van der Waals surface area contributed by atoms with E-state index >= 15 is 0 Å². The molecule has 3 rings (SSSR count). The second-order valence-electron chi connectivity index (χ2n) is 7.39. The van der Waals surface area contributed by atoms with Crippen LogP contribution in [-0.4, -0.2) is 63.4 Å². The minimum atomic E-state index is -4.02. The molecular formula is C23H34N2O5S. The highest BCUT2D eigenvalue weighted by atomic mass is 32.2. The average molecular weight is 451 g/mol. The van der Waals surface area contributed by atoms with Gasteiger partial charge < -0.3 is 14.8 Å². The third kappa shape index (κ3) is 8.86. The minimum absolute atomic E-state index is 0.0666. The topological polar surface area (TPSA) is 88.1 Å². The number of benzene rings is 2. The highest BCUT2D eigenvalue weighted by Gasteiger charge is 2.19. The van der Waals surface area contributed by atoms with E-state index in [4.69, 9.17) is 14.0 Å². The summed E-state index contributed by atoms with van der Waals surface area (Å²) in [7, 11) is -4.02. The van der Waals surface area contributed by atoms with Gasteiger partial charge in [0.05, 0.1) is 29.9 Å². The van der Waals surface area contributed by atoms with Gasteiger partial charge in [-0.3, -0.25) is 9.45 Å². The average Bonchev–Trinajstić information content (AvgIpc) is 2.74. The summed E-state index contributed by atoms with van der Waals surface area (Å²) in [5, 5.41) is 3.45. The van der Waals surface area contributed by atoms with Gasteiger partial charge in [0.25, 0.3) is 10.1 Å². The van der Waals surface area contributed by atoms with E-state index in [9.17, 15) is 8.42 Å². The molecule has 0 aromatic heterocycles. The van der Waals surface area contributed by atoms with Crippen molar-refractivity contribution >= 4 is 15.8 Å². The Morgan fingerprint density at radius 3 is 2.52 bits per heavy atom. The number of hydrogen-bond acceptors (Lipinski definition) is 6. The van der Waals surface area contributed by atoms with E-state index < -0.39 is 10.1 Å².